The number of fused-ring (bicyclic) bond motifs is 1. The molecular weight excluding hydrogens is 244 g/mol. The standard InChI is InChI=1S/C14H14N2O3/c1-18-7-9-6-13(17)16-14(15-9)11-8-19-12-5-3-2-4-10(11)12/h2-6,11H,7-8H2,1H3,(H,15,16,17). The van der Waals surface area contributed by atoms with Crippen LogP contribution in [0.3, 0.4) is 0 Å². The summed E-state index contributed by atoms with van der Waals surface area (Å²) in [6, 6.07) is 9.26. The first-order chi connectivity index (χ1) is 9.28. The molecule has 0 fully saturated rings. The lowest BCUT2D eigenvalue weighted by Crippen LogP contribution is -2.17. The fourth-order valence-electron chi connectivity index (χ4n) is 2.30. The van der Waals surface area contributed by atoms with Crippen LogP contribution >= 0.6 is 0 Å². The predicted molar refractivity (Wildman–Crippen MR) is 69.4 cm³/mol. The molecule has 1 aromatic heterocycles. The first-order valence-electron chi connectivity index (χ1n) is 6.08. The van der Waals surface area contributed by atoms with Crippen molar-refractivity contribution in [2.75, 3.05) is 13.7 Å². The maximum Gasteiger partial charge on any atom is 0.251 e. The Bertz CT molecular complexity index is 651. The van der Waals surface area contributed by atoms with E-state index in [9.17, 15) is 4.79 Å². The van der Waals surface area contributed by atoms with Gasteiger partial charge in [-0.25, -0.2) is 4.98 Å². The molecule has 19 heavy (non-hydrogen) atoms. The summed E-state index contributed by atoms with van der Waals surface area (Å²) in [5.74, 6) is 1.46. The lowest BCUT2D eigenvalue weighted by atomic mass is 10.0. The molecule has 98 valence electrons. The van der Waals surface area contributed by atoms with Crippen LogP contribution < -0.4 is 10.3 Å². The molecule has 0 saturated carbocycles. The molecule has 0 radical (unpaired) electrons. The van der Waals surface area contributed by atoms with Gasteiger partial charge in [0.05, 0.1) is 18.2 Å². The van der Waals surface area contributed by atoms with Gasteiger partial charge in [-0.15, -0.1) is 0 Å². The Kier molecular flexibility index (Phi) is 3.05. The van der Waals surface area contributed by atoms with Gasteiger partial charge in [0.15, 0.2) is 0 Å². The second-order valence-electron chi connectivity index (χ2n) is 4.46. The summed E-state index contributed by atoms with van der Waals surface area (Å²) in [6.45, 7) is 0.824. The van der Waals surface area contributed by atoms with Crippen LogP contribution in [0, 0.1) is 0 Å². The Balaban J connectivity index is 2.02. The van der Waals surface area contributed by atoms with Crippen LogP contribution in [0.15, 0.2) is 35.1 Å². The fraction of sp³-hybridized carbons (Fsp3) is 0.286. The number of benzene rings is 1. The molecule has 1 atom stereocenters. The van der Waals surface area contributed by atoms with E-state index in [1.807, 2.05) is 24.3 Å². The number of aromatic amines is 1. The van der Waals surface area contributed by atoms with Crippen molar-refractivity contribution >= 4 is 0 Å². The van der Waals surface area contributed by atoms with Gasteiger partial charge in [0.2, 0.25) is 0 Å². The fourth-order valence-corrected chi connectivity index (χ4v) is 2.30. The van der Waals surface area contributed by atoms with E-state index in [4.69, 9.17) is 9.47 Å². The molecule has 0 aliphatic carbocycles. The zero-order valence-corrected chi connectivity index (χ0v) is 10.6. The minimum absolute atomic E-state index is 0.0271. The molecule has 2 aromatic rings. The van der Waals surface area contributed by atoms with Crippen LogP contribution in [0.25, 0.3) is 0 Å². The zero-order chi connectivity index (χ0) is 13.2. The maximum absolute atomic E-state index is 11.7. The summed E-state index contributed by atoms with van der Waals surface area (Å²) < 4.78 is 10.6. The number of H-pyrrole nitrogens is 1. The third-order valence-corrected chi connectivity index (χ3v) is 3.14. The Morgan fingerprint density at radius 1 is 1.47 bits per heavy atom. The maximum atomic E-state index is 11.7. The molecule has 0 bridgehead atoms. The molecule has 0 saturated heterocycles. The summed E-state index contributed by atoms with van der Waals surface area (Å²) in [5.41, 5.74) is 1.52. The zero-order valence-electron chi connectivity index (χ0n) is 10.6. The monoisotopic (exact) mass is 258 g/mol. The van der Waals surface area contributed by atoms with E-state index in [0.29, 0.717) is 24.7 Å². The minimum atomic E-state index is -0.165. The molecule has 5 heteroatoms. The number of nitrogens with zero attached hydrogens (tertiary/aromatic N) is 1. The first kappa shape index (κ1) is 11.9. The second-order valence-corrected chi connectivity index (χ2v) is 4.46. The van der Waals surface area contributed by atoms with Crippen molar-refractivity contribution < 1.29 is 9.47 Å². The quantitative estimate of drug-likeness (QED) is 0.904. The summed E-state index contributed by atoms with van der Waals surface area (Å²) in [7, 11) is 1.58. The van der Waals surface area contributed by atoms with Crippen molar-refractivity contribution in [1.82, 2.24) is 9.97 Å². The van der Waals surface area contributed by atoms with Crippen LogP contribution in [0.5, 0.6) is 5.75 Å². The summed E-state index contributed by atoms with van der Waals surface area (Å²) in [6.07, 6.45) is 0. The molecule has 0 spiro atoms. The third-order valence-electron chi connectivity index (χ3n) is 3.14. The first-order valence-corrected chi connectivity index (χ1v) is 6.08. The number of ether oxygens (including phenoxy) is 2. The number of methoxy groups -OCH3 is 1. The van der Waals surface area contributed by atoms with Crippen molar-refractivity contribution in [3.8, 4) is 5.75 Å². The topological polar surface area (TPSA) is 64.2 Å². The van der Waals surface area contributed by atoms with Gasteiger partial charge < -0.3 is 14.5 Å². The van der Waals surface area contributed by atoms with Crippen molar-refractivity contribution in [2.45, 2.75) is 12.5 Å². The lowest BCUT2D eigenvalue weighted by molar-refractivity contribution is 0.181. The van der Waals surface area contributed by atoms with E-state index in [-0.39, 0.29) is 11.5 Å². The number of aromatic nitrogens is 2. The molecule has 2 heterocycles. The summed E-state index contributed by atoms with van der Waals surface area (Å²) in [5, 5.41) is 0. The van der Waals surface area contributed by atoms with Gasteiger partial charge in [-0.3, -0.25) is 4.79 Å². The average Bonchev–Trinajstić information content (AvgIpc) is 2.82. The number of hydrogen-bond donors (Lipinski definition) is 1. The van der Waals surface area contributed by atoms with Crippen LogP contribution in [-0.2, 0) is 11.3 Å². The SMILES string of the molecule is COCc1cc(=O)[nH]c(C2COc3ccccc32)n1. The van der Waals surface area contributed by atoms with E-state index in [1.54, 1.807) is 7.11 Å². The normalized spacial score (nSPS) is 17.0. The van der Waals surface area contributed by atoms with Crippen molar-refractivity contribution in [1.29, 1.82) is 0 Å². The van der Waals surface area contributed by atoms with E-state index < -0.39 is 0 Å². The van der Waals surface area contributed by atoms with Gasteiger partial charge in [-0.2, -0.15) is 0 Å². The molecule has 1 unspecified atom stereocenters. The highest BCUT2D eigenvalue weighted by atomic mass is 16.5. The van der Waals surface area contributed by atoms with Crippen LogP contribution in [-0.4, -0.2) is 23.7 Å². The van der Waals surface area contributed by atoms with E-state index in [1.165, 1.54) is 6.07 Å². The summed E-state index contributed by atoms with van der Waals surface area (Å²) in [4.78, 5) is 18.9. The largest absolute Gasteiger partial charge is 0.492 e. The third kappa shape index (κ3) is 2.24. The molecule has 1 aliphatic rings. The van der Waals surface area contributed by atoms with Gasteiger partial charge in [0.1, 0.15) is 18.2 Å². The molecule has 0 amide bonds. The smallest absolute Gasteiger partial charge is 0.251 e. The molecule has 1 aromatic carbocycles. The van der Waals surface area contributed by atoms with Crippen molar-refractivity contribution in [3.05, 3.63) is 57.8 Å². The summed E-state index contributed by atoms with van der Waals surface area (Å²) >= 11 is 0. The minimum Gasteiger partial charge on any atom is -0.492 e. The van der Waals surface area contributed by atoms with Crippen molar-refractivity contribution in [3.63, 3.8) is 0 Å². The predicted octanol–water partition coefficient (Wildman–Crippen LogP) is 1.44. The molecule has 1 N–H and O–H groups in total. The van der Waals surface area contributed by atoms with Gasteiger partial charge in [0, 0.05) is 18.7 Å². The Morgan fingerprint density at radius 2 is 2.32 bits per heavy atom. The highest BCUT2D eigenvalue weighted by molar-refractivity contribution is 5.42. The Morgan fingerprint density at radius 3 is 3.16 bits per heavy atom. The number of nitrogens with one attached hydrogen (secondary N) is 1. The van der Waals surface area contributed by atoms with Crippen LogP contribution in [0.4, 0.5) is 0 Å². The number of rotatable bonds is 3. The van der Waals surface area contributed by atoms with E-state index in [2.05, 4.69) is 9.97 Å². The number of para-hydroxylation sites is 1. The highest BCUT2D eigenvalue weighted by Crippen LogP contribution is 2.36. The highest BCUT2D eigenvalue weighted by Gasteiger charge is 2.27. The molecule has 3 rings (SSSR count). The van der Waals surface area contributed by atoms with Gasteiger partial charge in [0.25, 0.3) is 5.56 Å². The second kappa shape index (κ2) is 4.85. The van der Waals surface area contributed by atoms with Gasteiger partial charge in [-0.05, 0) is 6.07 Å². The van der Waals surface area contributed by atoms with Gasteiger partial charge >= 0.3 is 0 Å². The molecule has 5 nitrogen and oxygen atoms in total. The van der Waals surface area contributed by atoms with E-state index >= 15 is 0 Å². The Hall–Kier alpha value is -2.14. The lowest BCUT2D eigenvalue weighted by Gasteiger charge is -2.09. The Labute approximate surface area is 110 Å². The average molecular weight is 258 g/mol. The van der Waals surface area contributed by atoms with Crippen LogP contribution in [0.1, 0.15) is 23.0 Å². The van der Waals surface area contributed by atoms with E-state index in [0.717, 1.165) is 11.3 Å². The van der Waals surface area contributed by atoms with Crippen LogP contribution in [0.2, 0.25) is 0 Å². The van der Waals surface area contributed by atoms with Gasteiger partial charge in [-0.1, -0.05) is 18.2 Å². The van der Waals surface area contributed by atoms with Crippen molar-refractivity contribution in [2.24, 2.45) is 0 Å². The number of hydrogen-bond acceptors (Lipinski definition) is 4. The molecule has 1 aliphatic heterocycles. The molecular formula is C14H14N2O3.